The lowest BCUT2D eigenvalue weighted by Crippen LogP contribution is -2.19. The summed E-state index contributed by atoms with van der Waals surface area (Å²) >= 11 is 1.27. The van der Waals surface area contributed by atoms with Crippen LogP contribution in [0.3, 0.4) is 0 Å². The van der Waals surface area contributed by atoms with E-state index < -0.39 is 5.56 Å². The van der Waals surface area contributed by atoms with Crippen molar-refractivity contribution in [3.63, 3.8) is 0 Å². The van der Waals surface area contributed by atoms with E-state index in [2.05, 4.69) is 9.97 Å². The number of aryl methyl sites for hydroxylation is 1. The molecule has 0 bridgehead atoms. The lowest BCUT2D eigenvalue weighted by atomic mass is 10.0. The van der Waals surface area contributed by atoms with Crippen molar-refractivity contribution in [3.05, 3.63) is 39.4 Å². The summed E-state index contributed by atoms with van der Waals surface area (Å²) in [6.07, 6.45) is 3.90. The Morgan fingerprint density at radius 3 is 2.71 bits per heavy atom. The SMILES string of the molecule is CSc1nc(-c2cc(F)c(N3CCCC3)cc2C)c(C#N)c(=O)[nH]1. The van der Waals surface area contributed by atoms with Crippen LogP contribution in [0, 0.1) is 24.1 Å². The van der Waals surface area contributed by atoms with Gasteiger partial charge < -0.3 is 9.88 Å². The van der Waals surface area contributed by atoms with Crippen molar-refractivity contribution in [2.24, 2.45) is 0 Å². The van der Waals surface area contributed by atoms with Crippen molar-refractivity contribution in [3.8, 4) is 17.3 Å². The average Bonchev–Trinajstić information content (AvgIpc) is 3.10. The van der Waals surface area contributed by atoms with Gasteiger partial charge in [0.1, 0.15) is 17.4 Å². The van der Waals surface area contributed by atoms with Crippen molar-refractivity contribution in [1.29, 1.82) is 5.26 Å². The maximum atomic E-state index is 14.6. The molecule has 1 aromatic carbocycles. The number of thioether (sulfide) groups is 1. The quantitative estimate of drug-likeness (QED) is 0.684. The monoisotopic (exact) mass is 344 g/mol. The van der Waals surface area contributed by atoms with Gasteiger partial charge in [0.2, 0.25) is 0 Å². The summed E-state index contributed by atoms with van der Waals surface area (Å²) in [6, 6.07) is 5.04. The Bertz CT molecular complexity index is 881. The number of halogens is 1. The van der Waals surface area contributed by atoms with Crippen molar-refractivity contribution in [2.75, 3.05) is 24.2 Å². The van der Waals surface area contributed by atoms with Gasteiger partial charge in [-0.25, -0.2) is 9.37 Å². The Labute approximate surface area is 143 Å². The number of hydrogen-bond donors (Lipinski definition) is 1. The van der Waals surface area contributed by atoms with Crippen molar-refractivity contribution >= 4 is 17.4 Å². The molecule has 2 aromatic rings. The first-order chi connectivity index (χ1) is 11.5. The summed E-state index contributed by atoms with van der Waals surface area (Å²) < 4.78 is 14.6. The van der Waals surface area contributed by atoms with Crippen LogP contribution in [0.15, 0.2) is 22.1 Å². The number of nitrogens with one attached hydrogen (secondary N) is 1. The minimum Gasteiger partial charge on any atom is -0.369 e. The largest absolute Gasteiger partial charge is 0.369 e. The molecule has 1 aliphatic heterocycles. The van der Waals surface area contributed by atoms with Crippen LogP contribution < -0.4 is 10.5 Å². The fourth-order valence-electron chi connectivity index (χ4n) is 2.97. The van der Waals surface area contributed by atoms with E-state index in [-0.39, 0.29) is 17.1 Å². The Kier molecular flexibility index (Phi) is 4.58. The molecule has 0 aliphatic carbocycles. The van der Waals surface area contributed by atoms with Crippen molar-refractivity contribution in [1.82, 2.24) is 9.97 Å². The molecule has 0 unspecified atom stereocenters. The van der Waals surface area contributed by atoms with Crippen LogP contribution in [0.1, 0.15) is 24.0 Å². The minimum absolute atomic E-state index is 0.0933. The van der Waals surface area contributed by atoms with Gasteiger partial charge in [0.25, 0.3) is 5.56 Å². The molecule has 1 saturated heterocycles. The summed E-state index contributed by atoms with van der Waals surface area (Å²) in [7, 11) is 0. The minimum atomic E-state index is -0.504. The molecule has 0 radical (unpaired) electrons. The number of aromatic nitrogens is 2. The summed E-state index contributed by atoms with van der Waals surface area (Å²) in [5.41, 5.74) is 1.48. The number of hydrogen-bond acceptors (Lipinski definition) is 5. The Morgan fingerprint density at radius 1 is 1.38 bits per heavy atom. The van der Waals surface area contributed by atoms with Crippen LogP contribution >= 0.6 is 11.8 Å². The molecule has 7 heteroatoms. The van der Waals surface area contributed by atoms with E-state index in [1.54, 1.807) is 12.3 Å². The number of nitrogens with zero attached hydrogens (tertiary/aromatic N) is 3. The third-order valence-electron chi connectivity index (χ3n) is 4.20. The number of nitriles is 1. The van der Waals surface area contributed by atoms with Crippen LogP contribution in [0.4, 0.5) is 10.1 Å². The van der Waals surface area contributed by atoms with E-state index >= 15 is 0 Å². The molecular weight excluding hydrogens is 327 g/mol. The van der Waals surface area contributed by atoms with Crippen LogP contribution in [0.5, 0.6) is 0 Å². The molecule has 0 amide bonds. The molecule has 5 nitrogen and oxygen atoms in total. The molecule has 124 valence electrons. The first kappa shape index (κ1) is 16.5. The number of rotatable bonds is 3. The molecule has 3 rings (SSSR count). The highest BCUT2D eigenvalue weighted by Crippen LogP contribution is 2.32. The molecule has 1 N–H and O–H groups in total. The highest BCUT2D eigenvalue weighted by molar-refractivity contribution is 7.98. The van der Waals surface area contributed by atoms with Gasteiger partial charge in [0, 0.05) is 18.7 Å². The zero-order valence-corrected chi connectivity index (χ0v) is 14.3. The second kappa shape index (κ2) is 6.65. The molecule has 1 aliphatic rings. The molecule has 0 spiro atoms. The van der Waals surface area contributed by atoms with Crippen LogP contribution in [-0.2, 0) is 0 Å². The van der Waals surface area contributed by atoms with E-state index in [9.17, 15) is 14.4 Å². The second-order valence-corrected chi connectivity index (χ2v) is 6.52. The Morgan fingerprint density at radius 2 is 2.08 bits per heavy atom. The van der Waals surface area contributed by atoms with Gasteiger partial charge in [0.15, 0.2) is 5.16 Å². The number of anilines is 1. The van der Waals surface area contributed by atoms with Crippen molar-refractivity contribution in [2.45, 2.75) is 24.9 Å². The molecular formula is C17H17FN4OS. The Balaban J connectivity index is 2.17. The zero-order chi connectivity index (χ0) is 17.3. The molecule has 0 atom stereocenters. The maximum Gasteiger partial charge on any atom is 0.270 e. The first-order valence-corrected chi connectivity index (χ1v) is 8.91. The highest BCUT2D eigenvalue weighted by Gasteiger charge is 2.21. The van der Waals surface area contributed by atoms with Crippen molar-refractivity contribution < 1.29 is 4.39 Å². The maximum absolute atomic E-state index is 14.6. The Hall–Kier alpha value is -2.33. The lowest BCUT2D eigenvalue weighted by Gasteiger charge is -2.20. The summed E-state index contributed by atoms with van der Waals surface area (Å²) in [4.78, 5) is 21.0. The fourth-order valence-corrected chi connectivity index (χ4v) is 3.35. The van der Waals surface area contributed by atoms with Gasteiger partial charge in [-0.1, -0.05) is 11.8 Å². The summed E-state index contributed by atoms with van der Waals surface area (Å²) in [5, 5.41) is 9.69. The second-order valence-electron chi connectivity index (χ2n) is 5.72. The summed E-state index contributed by atoms with van der Waals surface area (Å²) in [5.74, 6) is -0.353. The number of aromatic amines is 1. The molecule has 24 heavy (non-hydrogen) atoms. The highest BCUT2D eigenvalue weighted by atomic mass is 32.2. The molecule has 1 fully saturated rings. The van der Waals surface area contributed by atoms with E-state index in [1.165, 1.54) is 17.8 Å². The van der Waals surface area contributed by atoms with Gasteiger partial charge in [-0.2, -0.15) is 5.26 Å². The normalized spacial score (nSPS) is 14.0. The standard InChI is InChI=1S/C17H17FN4OS/c1-10-7-14(22-5-3-4-6-22)13(18)8-11(10)15-12(9-19)16(23)21-17(20-15)24-2/h7-8H,3-6H2,1-2H3,(H,20,21,23). The topological polar surface area (TPSA) is 72.8 Å². The fraction of sp³-hybridized carbons (Fsp3) is 0.353. The lowest BCUT2D eigenvalue weighted by molar-refractivity contribution is 0.623. The number of H-pyrrole nitrogens is 1. The van der Waals surface area contributed by atoms with Gasteiger partial charge in [-0.05, 0) is 43.7 Å². The third kappa shape index (κ3) is 2.89. The van der Waals surface area contributed by atoms with Crippen LogP contribution in [0.2, 0.25) is 0 Å². The third-order valence-corrected chi connectivity index (χ3v) is 4.78. The molecule has 0 saturated carbocycles. The smallest absolute Gasteiger partial charge is 0.270 e. The van der Waals surface area contributed by atoms with E-state index in [4.69, 9.17) is 0 Å². The van der Waals surface area contributed by atoms with Gasteiger partial charge in [-0.3, -0.25) is 4.79 Å². The average molecular weight is 344 g/mol. The molecule has 2 heterocycles. The zero-order valence-electron chi connectivity index (χ0n) is 13.5. The predicted molar refractivity (Wildman–Crippen MR) is 92.9 cm³/mol. The number of benzene rings is 1. The van der Waals surface area contributed by atoms with E-state index in [1.807, 2.05) is 17.9 Å². The van der Waals surface area contributed by atoms with Crippen LogP contribution in [-0.4, -0.2) is 29.3 Å². The van der Waals surface area contributed by atoms with E-state index in [0.717, 1.165) is 31.5 Å². The molecule has 1 aromatic heterocycles. The van der Waals surface area contributed by atoms with E-state index in [0.29, 0.717) is 16.4 Å². The first-order valence-electron chi connectivity index (χ1n) is 7.69. The van der Waals surface area contributed by atoms with Gasteiger partial charge >= 0.3 is 0 Å². The van der Waals surface area contributed by atoms with Gasteiger partial charge in [-0.15, -0.1) is 0 Å². The summed E-state index contributed by atoms with van der Waals surface area (Å²) in [6.45, 7) is 3.54. The van der Waals surface area contributed by atoms with Gasteiger partial charge in [0.05, 0.1) is 11.4 Å². The van der Waals surface area contributed by atoms with Crippen LogP contribution in [0.25, 0.3) is 11.3 Å². The predicted octanol–water partition coefficient (Wildman–Crippen LogP) is 3.08.